The molecule has 0 heterocycles. The van der Waals surface area contributed by atoms with Gasteiger partial charge in [0.1, 0.15) is 18.2 Å². The summed E-state index contributed by atoms with van der Waals surface area (Å²) in [5, 5.41) is 0. The zero-order chi connectivity index (χ0) is 11.4. The molecular weight excluding hydrogens is 261 g/mol. The smallest absolute Gasteiger partial charge is 0.127 e. The Morgan fingerprint density at radius 3 is 2.87 bits per heavy atom. The van der Waals surface area contributed by atoms with Crippen molar-refractivity contribution in [1.82, 2.24) is 0 Å². The minimum Gasteiger partial charge on any atom is -0.488 e. The lowest BCUT2D eigenvalue weighted by molar-refractivity contribution is 0.352. The Kier molecular flexibility index (Phi) is 4.29. The number of benzene rings is 1. The molecular formula is C11H13BrFNO. The molecule has 0 radical (unpaired) electrons. The molecule has 82 valence electrons. The maximum absolute atomic E-state index is 13.0. The zero-order valence-electron chi connectivity index (χ0n) is 8.47. The van der Waals surface area contributed by atoms with Crippen molar-refractivity contribution in [2.24, 2.45) is 5.73 Å². The van der Waals surface area contributed by atoms with Crippen LogP contribution in [0.1, 0.15) is 18.5 Å². The van der Waals surface area contributed by atoms with Crippen LogP contribution in [0.4, 0.5) is 4.39 Å². The molecule has 1 atom stereocenters. The van der Waals surface area contributed by atoms with Gasteiger partial charge in [-0.3, -0.25) is 0 Å². The summed E-state index contributed by atoms with van der Waals surface area (Å²) in [6, 6.07) is 4.14. The molecule has 0 fully saturated rings. The van der Waals surface area contributed by atoms with Crippen LogP contribution in [0.5, 0.6) is 5.75 Å². The van der Waals surface area contributed by atoms with E-state index in [4.69, 9.17) is 10.5 Å². The summed E-state index contributed by atoms with van der Waals surface area (Å²) in [6.07, 6.45) is 0. The normalized spacial score (nSPS) is 12.3. The fourth-order valence-electron chi connectivity index (χ4n) is 1.17. The van der Waals surface area contributed by atoms with Crippen molar-refractivity contribution in [3.05, 3.63) is 40.6 Å². The fourth-order valence-corrected chi connectivity index (χ4v) is 1.28. The van der Waals surface area contributed by atoms with Crippen LogP contribution in [-0.4, -0.2) is 6.61 Å². The van der Waals surface area contributed by atoms with Crippen molar-refractivity contribution < 1.29 is 9.13 Å². The van der Waals surface area contributed by atoms with Crippen LogP contribution < -0.4 is 10.5 Å². The molecule has 4 heteroatoms. The molecule has 1 aromatic rings. The van der Waals surface area contributed by atoms with Gasteiger partial charge < -0.3 is 10.5 Å². The van der Waals surface area contributed by atoms with E-state index in [-0.39, 0.29) is 11.9 Å². The molecule has 1 aromatic carbocycles. The Labute approximate surface area is 97.1 Å². The van der Waals surface area contributed by atoms with Crippen molar-refractivity contribution in [3.63, 3.8) is 0 Å². The van der Waals surface area contributed by atoms with Crippen LogP contribution in [0.25, 0.3) is 0 Å². The van der Waals surface area contributed by atoms with E-state index in [1.54, 1.807) is 6.07 Å². The summed E-state index contributed by atoms with van der Waals surface area (Å²) >= 11 is 3.17. The molecule has 15 heavy (non-hydrogen) atoms. The van der Waals surface area contributed by atoms with Crippen LogP contribution in [0.3, 0.4) is 0 Å². The SMILES string of the molecule is C=C(Br)COc1cc(F)ccc1[C@@H](C)N. The fraction of sp³-hybridized carbons (Fsp3) is 0.273. The van der Waals surface area contributed by atoms with Gasteiger partial charge in [0.05, 0.1) is 0 Å². The highest BCUT2D eigenvalue weighted by atomic mass is 79.9. The van der Waals surface area contributed by atoms with Gasteiger partial charge >= 0.3 is 0 Å². The monoisotopic (exact) mass is 273 g/mol. The maximum Gasteiger partial charge on any atom is 0.127 e. The van der Waals surface area contributed by atoms with Crippen molar-refractivity contribution in [1.29, 1.82) is 0 Å². The molecule has 2 N–H and O–H groups in total. The summed E-state index contributed by atoms with van der Waals surface area (Å²) < 4.78 is 19.1. The predicted molar refractivity (Wildman–Crippen MR) is 62.6 cm³/mol. The molecule has 0 aromatic heterocycles. The molecule has 0 saturated carbocycles. The summed E-state index contributed by atoms with van der Waals surface area (Å²) in [4.78, 5) is 0. The average Bonchev–Trinajstić information content (AvgIpc) is 2.14. The second kappa shape index (κ2) is 5.28. The summed E-state index contributed by atoms with van der Waals surface area (Å²) in [6.45, 7) is 5.75. The highest BCUT2D eigenvalue weighted by Crippen LogP contribution is 2.25. The summed E-state index contributed by atoms with van der Waals surface area (Å²) in [5.74, 6) is 0.125. The third-order valence-electron chi connectivity index (χ3n) is 1.85. The molecule has 0 unspecified atom stereocenters. The molecule has 0 amide bonds. The highest BCUT2D eigenvalue weighted by Gasteiger charge is 2.09. The third kappa shape index (κ3) is 3.64. The van der Waals surface area contributed by atoms with E-state index >= 15 is 0 Å². The number of ether oxygens (including phenoxy) is 1. The van der Waals surface area contributed by atoms with Gasteiger partial charge in [0.15, 0.2) is 0 Å². The summed E-state index contributed by atoms with van der Waals surface area (Å²) in [7, 11) is 0. The molecule has 0 saturated heterocycles. The van der Waals surface area contributed by atoms with Gasteiger partial charge in [-0.2, -0.15) is 0 Å². The average molecular weight is 274 g/mol. The molecule has 1 rings (SSSR count). The third-order valence-corrected chi connectivity index (χ3v) is 2.08. The van der Waals surface area contributed by atoms with E-state index in [9.17, 15) is 4.39 Å². The van der Waals surface area contributed by atoms with Crippen molar-refractivity contribution in [2.75, 3.05) is 6.61 Å². The van der Waals surface area contributed by atoms with Crippen molar-refractivity contribution >= 4 is 15.9 Å². The lowest BCUT2D eigenvalue weighted by Gasteiger charge is -2.13. The highest BCUT2D eigenvalue weighted by molar-refractivity contribution is 9.11. The Bertz CT molecular complexity index is 366. The van der Waals surface area contributed by atoms with Crippen molar-refractivity contribution in [3.8, 4) is 5.75 Å². The number of hydrogen-bond donors (Lipinski definition) is 1. The molecule has 0 aliphatic heterocycles. The van der Waals surface area contributed by atoms with Crippen LogP contribution in [0.2, 0.25) is 0 Å². The number of nitrogens with two attached hydrogens (primary N) is 1. The van der Waals surface area contributed by atoms with E-state index in [2.05, 4.69) is 22.5 Å². The Morgan fingerprint density at radius 2 is 2.33 bits per heavy atom. The quantitative estimate of drug-likeness (QED) is 0.915. The van der Waals surface area contributed by atoms with Gasteiger partial charge in [-0.25, -0.2) is 4.39 Å². The number of hydrogen-bond acceptors (Lipinski definition) is 2. The number of rotatable bonds is 4. The topological polar surface area (TPSA) is 35.2 Å². The number of halogens is 2. The molecule has 0 bridgehead atoms. The lowest BCUT2D eigenvalue weighted by Crippen LogP contribution is -2.08. The van der Waals surface area contributed by atoms with Crippen LogP contribution in [0, 0.1) is 5.82 Å². The van der Waals surface area contributed by atoms with Gasteiger partial charge in [-0.15, -0.1) is 0 Å². The van der Waals surface area contributed by atoms with Gasteiger partial charge in [-0.05, 0) is 13.0 Å². The first kappa shape index (κ1) is 12.2. The van der Waals surface area contributed by atoms with E-state index in [0.29, 0.717) is 16.8 Å². The molecule has 0 aliphatic carbocycles. The Hall–Kier alpha value is -0.870. The standard InChI is InChI=1S/C11H13BrFNO/c1-7(12)6-15-11-5-9(13)3-4-10(11)8(2)14/h3-5,8H,1,6,14H2,2H3/t8-/m1/s1. The molecule has 0 aliphatic rings. The van der Waals surface area contributed by atoms with Gasteiger partial charge in [-0.1, -0.05) is 28.6 Å². The lowest BCUT2D eigenvalue weighted by atomic mass is 10.1. The second-order valence-corrected chi connectivity index (χ2v) is 4.40. The second-order valence-electron chi connectivity index (χ2n) is 3.28. The minimum atomic E-state index is -0.338. The first-order valence-corrected chi connectivity index (χ1v) is 5.31. The zero-order valence-corrected chi connectivity index (χ0v) is 10.1. The van der Waals surface area contributed by atoms with Gasteiger partial charge in [0, 0.05) is 22.2 Å². The van der Waals surface area contributed by atoms with Crippen LogP contribution in [-0.2, 0) is 0 Å². The predicted octanol–water partition coefficient (Wildman–Crippen LogP) is 3.13. The van der Waals surface area contributed by atoms with Crippen LogP contribution in [0.15, 0.2) is 29.3 Å². The van der Waals surface area contributed by atoms with Crippen LogP contribution >= 0.6 is 15.9 Å². The molecule has 2 nitrogen and oxygen atoms in total. The Balaban J connectivity index is 2.91. The van der Waals surface area contributed by atoms with E-state index < -0.39 is 0 Å². The first-order chi connectivity index (χ1) is 7.00. The maximum atomic E-state index is 13.0. The molecule has 0 spiro atoms. The first-order valence-electron chi connectivity index (χ1n) is 4.52. The van der Waals surface area contributed by atoms with E-state index in [0.717, 1.165) is 5.56 Å². The van der Waals surface area contributed by atoms with Gasteiger partial charge in [0.2, 0.25) is 0 Å². The van der Waals surface area contributed by atoms with Gasteiger partial charge in [0.25, 0.3) is 0 Å². The Morgan fingerprint density at radius 1 is 1.67 bits per heavy atom. The largest absolute Gasteiger partial charge is 0.488 e. The van der Waals surface area contributed by atoms with E-state index in [1.807, 2.05) is 6.92 Å². The minimum absolute atomic E-state index is 0.191. The van der Waals surface area contributed by atoms with Crippen molar-refractivity contribution in [2.45, 2.75) is 13.0 Å². The van der Waals surface area contributed by atoms with E-state index in [1.165, 1.54) is 12.1 Å². The summed E-state index contributed by atoms with van der Waals surface area (Å²) in [5.41, 5.74) is 6.52.